The zero-order chi connectivity index (χ0) is 16.6. The molecule has 3 amide bonds. The molecule has 2 saturated carbocycles. The van der Waals surface area contributed by atoms with Crippen LogP contribution in [-0.4, -0.2) is 35.2 Å². The normalized spacial score (nSPS) is 37.7. The monoisotopic (exact) mass is 320 g/mol. The highest BCUT2D eigenvalue weighted by Crippen LogP contribution is 2.38. The van der Waals surface area contributed by atoms with Gasteiger partial charge in [-0.15, -0.1) is 0 Å². The second kappa shape index (κ2) is 6.62. The number of nitrogens with zero attached hydrogens (tertiary/aromatic N) is 1. The van der Waals surface area contributed by atoms with Gasteiger partial charge >= 0.3 is 0 Å². The van der Waals surface area contributed by atoms with Gasteiger partial charge in [0.05, 0.1) is 11.8 Å². The van der Waals surface area contributed by atoms with E-state index in [4.69, 9.17) is 0 Å². The Morgan fingerprint density at radius 2 is 1.61 bits per heavy atom. The van der Waals surface area contributed by atoms with Gasteiger partial charge in [0.25, 0.3) is 0 Å². The Morgan fingerprint density at radius 1 is 1.00 bits per heavy atom. The molecule has 3 fully saturated rings. The smallest absolute Gasteiger partial charge is 0.240 e. The molecule has 0 aromatic carbocycles. The lowest BCUT2D eigenvalue weighted by atomic mass is 9.78. The summed E-state index contributed by atoms with van der Waals surface area (Å²) >= 11 is 0. The zero-order valence-electron chi connectivity index (χ0n) is 14.2. The Labute approximate surface area is 138 Å². The van der Waals surface area contributed by atoms with E-state index in [9.17, 15) is 14.4 Å². The van der Waals surface area contributed by atoms with E-state index in [2.05, 4.69) is 19.2 Å². The summed E-state index contributed by atoms with van der Waals surface area (Å²) in [6, 6.07) is 0.168. The average molecular weight is 320 g/mol. The Bertz CT molecular complexity index is 480. The summed E-state index contributed by atoms with van der Waals surface area (Å²) in [5, 5.41) is 3.06. The molecular formula is C18H28N2O3. The molecule has 3 rings (SSSR count). The summed E-state index contributed by atoms with van der Waals surface area (Å²) in [5.74, 6) is 0.277. The maximum absolute atomic E-state index is 12.4. The van der Waals surface area contributed by atoms with Gasteiger partial charge in [0.2, 0.25) is 17.7 Å². The van der Waals surface area contributed by atoms with E-state index in [-0.39, 0.29) is 42.1 Å². The zero-order valence-corrected chi connectivity index (χ0v) is 14.2. The highest BCUT2D eigenvalue weighted by atomic mass is 16.2. The van der Waals surface area contributed by atoms with Crippen molar-refractivity contribution in [3.63, 3.8) is 0 Å². The molecule has 0 bridgehead atoms. The summed E-state index contributed by atoms with van der Waals surface area (Å²) in [6.07, 6.45) is 6.94. The summed E-state index contributed by atoms with van der Waals surface area (Å²) in [4.78, 5) is 38.4. The van der Waals surface area contributed by atoms with Crippen LogP contribution in [-0.2, 0) is 14.4 Å². The van der Waals surface area contributed by atoms with Gasteiger partial charge < -0.3 is 5.32 Å². The van der Waals surface area contributed by atoms with Crippen LogP contribution in [0.1, 0.15) is 58.8 Å². The first-order chi connectivity index (χ1) is 11.0. The third kappa shape index (κ3) is 3.15. The number of likely N-dealkylation sites (tertiary alicyclic amines) is 1. The summed E-state index contributed by atoms with van der Waals surface area (Å²) < 4.78 is 0. The molecule has 128 valence electrons. The molecule has 3 aliphatic rings. The number of fused-ring (bicyclic) bond motifs is 1. The lowest BCUT2D eigenvalue weighted by Gasteiger charge is -2.34. The summed E-state index contributed by atoms with van der Waals surface area (Å²) in [5.41, 5.74) is 0. The minimum absolute atomic E-state index is 0.0950. The quantitative estimate of drug-likeness (QED) is 0.810. The highest BCUT2D eigenvalue weighted by Gasteiger charge is 2.48. The van der Waals surface area contributed by atoms with Gasteiger partial charge in [-0.1, -0.05) is 39.5 Å². The van der Waals surface area contributed by atoms with Crippen LogP contribution in [0.2, 0.25) is 0 Å². The van der Waals surface area contributed by atoms with Gasteiger partial charge in [0.15, 0.2) is 0 Å². The fraction of sp³-hybridized carbons (Fsp3) is 0.833. The van der Waals surface area contributed by atoms with E-state index in [1.54, 1.807) is 0 Å². The fourth-order valence-electron chi connectivity index (χ4n) is 4.57. The maximum atomic E-state index is 12.4. The molecule has 5 nitrogen and oxygen atoms in total. The van der Waals surface area contributed by atoms with Crippen LogP contribution < -0.4 is 5.32 Å². The van der Waals surface area contributed by atoms with Crippen LogP contribution >= 0.6 is 0 Å². The Hall–Kier alpha value is -1.39. The number of hydrogen-bond acceptors (Lipinski definition) is 3. The second-order valence-corrected chi connectivity index (χ2v) is 7.70. The molecule has 0 aromatic heterocycles. The van der Waals surface area contributed by atoms with Crippen LogP contribution in [0.15, 0.2) is 0 Å². The number of hydrogen-bond donors (Lipinski definition) is 1. The second-order valence-electron chi connectivity index (χ2n) is 7.70. The maximum Gasteiger partial charge on any atom is 0.240 e. The predicted octanol–water partition coefficient (Wildman–Crippen LogP) is 2.10. The number of rotatable bonds is 3. The van der Waals surface area contributed by atoms with Crippen LogP contribution in [0.25, 0.3) is 0 Å². The molecular weight excluding hydrogens is 292 g/mol. The van der Waals surface area contributed by atoms with Gasteiger partial charge in [-0.3, -0.25) is 19.3 Å². The molecule has 0 aromatic rings. The third-order valence-corrected chi connectivity index (χ3v) is 6.29. The third-order valence-electron chi connectivity index (χ3n) is 6.29. The van der Waals surface area contributed by atoms with Crippen LogP contribution in [0.3, 0.4) is 0 Å². The van der Waals surface area contributed by atoms with Crippen LogP contribution in [0.4, 0.5) is 0 Å². The largest absolute Gasteiger partial charge is 0.352 e. The number of carbonyl (C=O) groups excluding carboxylic acids is 3. The van der Waals surface area contributed by atoms with Crippen molar-refractivity contribution in [1.82, 2.24) is 10.2 Å². The number of imide groups is 1. The van der Waals surface area contributed by atoms with Crippen molar-refractivity contribution in [1.29, 1.82) is 0 Å². The van der Waals surface area contributed by atoms with E-state index in [1.807, 2.05) is 0 Å². The topological polar surface area (TPSA) is 66.5 Å². The number of carbonyl (C=O) groups is 3. The van der Waals surface area contributed by atoms with Gasteiger partial charge in [-0.2, -0.15) is 0 Å². The number of amides is 3. The van der Waals surface area contributed by atoms with Crippen LogP contribution in [0, 0.1) is 23.7 Å². The van der Waals surface area contributed by atoms with Crippen molar-refractivity contribution in [2.45, 2.75) is 64.8 Å². The molecule has 5 unspecified atom stereocenters. The van der Waals surface area contributed by atoms with E-state index in [0.29, 0.717) is 11.8 Å². The van der Waals surface area contributed by atoms with Crippen molar-refractivity contribution < 1.29 is 14.4 Å². The average Bonchev–Trinajstić information content (AvgIpc) is 2.77. The predicted molar refractivity (Wildman–Crippen MR) is 86.3 cm³/mol. The van der Waals surface area contributed by atoms with E-state index >= 15 is 0 Å². The Kier molecular flexibility index (Phi) is 4.74. The SMILES string of the molecule is CC1CCCC(NC(=O)CN2C(=O)C3CCCCC3C2=O)C1C. The molecule has 5 atom stereocenters. The first-order valence-corrected chi connectivity index (χ1v) is 9.13. The van der Waals surface area contributed by atoms with Crippen molar-refractivity contribution in [3.05, 3.63) is 0 Å². The Morgan fingerprint density at radius 3 is 2.22 bits per heavy atom. The Balaban J connectivity index is 1.59. The van der Waals surface area contributed by atoms with Gasteiger partial charge in [0.1, 0.15) is 6.54 Å². The molecule has 1 saturated heterocycles. The van der Waals surface area contributed by atoms with E-state index in [1.165, 1.54) is 11.3 Å². The van der Waals surface area contributed by atoms with Crippen molar-refractivity contribution in [3.8, 4) is 0 Å². The molecule has 1 N–H and O–H groups in total. The molecule has 0 spiro atoms. The molecule has 0 radical (unpaired) electrons. The lowest BCUT2D eigenvalue weighted by molar-refractivity contribution is -0.144. The van der Waals surface area contributed by atoms with Crippen molar-refractivity contribution in [2.24, 2.45) is 23.7 Å². The van der Waals surface area contributed by atoms with Crippen molar-refractivity contribution in [2.75, 3.05) is 6.54 Å². The minimum atomic E-state index is -0.184. The lowest BCUT2D eigenvalue weighted by Crippen LogP contribution is -2.48. The van der Waals surface area contributed by atoms with Crippen LogP contribution in [0.5, 0.6) is 0 Å². The molecule has 23 heavy (non-hydrogen) atoms. The highest BCUT2D eigenvalue weighted by molar-refractivity contribution is 6.07. The van der Waals surface area contributed by atoms with Gasteiger partial charge in [0, 0.05) is 6.04 Å². The molecule has 1 aliphatic heterocycles. The fourth-order valence-corrected chi connectivity index (χ4v) is 4.57. The summed E-state index contributed by atoms with van der Waals surface area (Å²) in [7, 11) is 0. The van der Waals surface area contributed by atoms with E-state index in [0.717, 1.165) is 38.5 Å². The number of nitrogens with one attached hydrogen (secondary N) is 1. The van der Waals surface area contributed by atoms with Gasteiger partial charge in [-0.05, 0) is 31.1 Å². The first kappa shape index (κ1) is 16.5. The minimum Gasteiger partial charge on any atom is -0.352 e. The summed E-state index contributed by atoms with van der Waals surface area (Å²) in [6.45, 7) is 4.30. The molecule has 5 heteroatoms. The first-order valence-electron chi connectivity index (χ1n) is 9.13. The molecule has 1 heterocycles. The van der Waals surface area contributed by atoms with E-state index < -0.39 is 0 Å². The standard InChI is InChI=1S/C18H28N2O3/c1-11-6-5-9-15(12(11)2)19-16(21)10-20-17(22)13-7-3-4-8-14(13)18(20)23/h11-15H,3-10H2,1-2H3,(H,19,21). The van der Waals surface area contributed by atoms with Crippen molar-refractivity contribution >= 4 is 17.7 Å². The van der Waals surface area contributed by atoms with Gasteiger partial charge in [-0.25, -0.2) is 0 Å². The molecule has 2 aliphatic carbocycles.